The van der Waals surface area contributed by atoms with Gasteiger partial charge in [0.1, 0.15) is 28.7 Å². The van der Waals surface area contributed by atoms with Gasteiger partial charge in [0.2, 0.25) is 0 Å². The van der Waals surface area contributed by atoms with Gasteiger partial charge in [-0.15, -0.1) is 11.3 Å². The van der Waals surface area contributed by atoms with Gasteiger partial charge in [-0.05, 0) is 30.3 Å². The van der Waals surface area contributed by atoms with Gasteiger partial charge >= 0.3 is 5.97 Å². The number of rotatable bonds is 7. The number of carbonyl (C=O) groups is 2. The Hall–Kier alpha value is -3.06. The van der Waals surface area contributed by atoms with Gasteiger partial charge in [0.05, 0.1) is 18.5 Å². The van der Waals surface area contributed by atoms with Crippen LogP contribution in [0.5, 0.6) is 11.5 Å². The van der Waals surface area contributed by atoms with Crippen LogP contribution in [0.1, 0.15) is 20.9 Å². The van der Waals surface area contributed by atoms with Crippen LogP contribution in [0.25, 0.3) is 0 Å². The molecule has 2 aromatic carbocycles. The van der Waals surface area contributed by atoms with Crippen LogP contribution in [0, 0.1) is 5.82 Å². The minimum atomic E-state index is -0.547. The van der Waals surface area contributed by atoms with Gasteiger partial charge in [0.15, 0.2) is 0 Å². The molecule has 0 unspecified atom stereocenters. The summed E-state index contributed by atoms with van der Waals surface area (Å²) >= 11 is 1.39. The summed E-state index contributed by atoms with van der Waals surface area (Å²) < 4.78 is 24.3. The largest absolute Gasteiger partial charge is 0.465 e. The van der Waals surface area contributed by atoms with Crippen LogP contribution in [0.2, 0.25) is 0 Å². The molecule has 0 saturated heterocycles. The standard InChI is InChI=1S/C20H16FNO4S/c1-25-20(24)16-4-2-3-5-18(16)26-17-7-6-14(21)10-13(17)11-15(23)12-19-22-8-9-27-19/h2-10H,11-12H2,1H3. The third kappa shape index (κ3) is 4.77. The summed E-state index contributed by atoms with van der Waals surface area (Å²) in [5, 5.41) is 2.50. The minimum Gasteiger partial charge on any atom is -0.465 e. The van der Waals surface area contributed by atoms with Crippen molar-refractivity contribution in [3.8, 4) is 11.5 Å². The van der Waals surface area contributed by atoms with Gasteiger partial charge in [0.25, 0.3) is 0 Å². The number of benzene rings is 2. The number of ketones is 1. The van der Waals surface area contributed by atoms with E-state index in [-0.39, 0.29) is 29.9 Å². The molecule has 0 aliphatic rings. The predicted molar refractivity (Wildman–Crippen MR) is 98.8 cm³/mol. The first-order chi connectivity index (χ1) is 13.1. The van der Waals surface area contributed by atoms with Gasteiger partial charge < -0.3 is 9.47 Å². The average Bonchev–Trinajstić information content (AvgIpc) is 3.16. The molecule has 0 fully saturated rings. The lowest BCUT2D eigenvalue weighted by Crippen LogP contribution is -2.08. The molecule has 7 heteroatoms. The van der Waals surface area contributed by atoms with Crippen molar-refractivity contribution >= 4 is 23.1 Å². The second-order valence-electron chi connectivity index (χ2n) is 5.66. The van der Waals surface area contributed by atoms with Crippen LogP contribution >= 0.6 is 11.3 Å². The average molecular weight is 385 g/mol. The second-order valence-corrected chi connectivity index (χ2v) is 6.64. The van der Waals surface area contributed by atoms with Crippen LogP contribution in [0.3, 0.4) is 0 Å². The van der Waals surface area contributed by atoms with E-state index >= 15 is 0 Å². The van der Waals surface area contributed by atoms with Crippen LogP contribution in [-0.2, 0) is 22.4 Å². The molecule has 0 aliphatic carbocycles. The Bertz CT molecular complexity index is 956. The number of hydrogen-bond acceptors (Lipinski definition) is 6. The topological polar surface area (TPSA) is 65.5 Å². The zero-order valence-electron chi connectivity index (χ0n) is 14.5. The number of para-hydroxylation sites is 1. The van der Waals surface area contributed by atoms with Crippen LogP contribution in [-0.4, -0.2) is 23.8 Å². The van der Waals surface area contributed by atoms with Crippen molar-refractivity contribution in [3.05, 3.63) is 76.0 Å². The van der Waals surface area contributed by atoms with Crippen molar-refractivity contribution in [2.45, 2.75) is 12.8 Å². The Balaban J connectivity index is 1.84. The molecule has 0 amide bonds. The van der Waals surface area contributed by atoms with Gasteiger partial charge in [-0.2, -0.15) is 0 Å². The maximum atomic E-state index is 13.7. The van der Waals surface area contributed by atoms with E-state index in [1.807, 2.05) is 0 Å². The number of Topliss-reactive ketones (excluding diaryl/α,β-unsaturated/α-hetero) is 1. The third-order valence-electron chi connectivity index (χ3n) is 3.75. The Morgan fingerprint density at radius 1 is 1.11 bits per heavy atom. The van der Waals surface area contributed by atoms with Crippen molar-refractivity contribution in [2.75, 3.05) is 7.11 Å². The first-order valence-electron chi connectivity index (χ1n) is 8.10. The molecule has 1 aromatic heterocycles. The Morgan fingerprint density at radius 3 is 2.67 bits per heavy atom. The summed E-state index contributed by atoms with van der Waals surface area (Å²) in [5.74, 6) is -0.554. The molecule has 0 N–H and O–H groups in total. The van der Waals surface area contributed by atoms with E-state index in [9.17, 15) is 14.0 Å². The smallest absolute Gasteiger partial charge is 0.341 e. The zero-order valence-corrected chi connectivity index (χ0v) is 15.3. The fourth-order valence-corrected chi connectivity index (χ4v) is 3.17. The quantitative estimate of drug-likeness (QED) is 0.570. The highest BCUT2D eigenvalue weighted by atomic mass is 32.1. The summed E-state index contributed by atoms with van der Waals surface area (Å²) in [5.41, 5.74) is 0.639. The molecule has 3 rings (SSSR count). The summed E-state index contributed by atoms with van der Waals surface area (Å²) in [6.45, 7) is 0. The third-order valence-corrected chi connectivity index (χ3v) is 4.53. The Morgan fingerprint density at radius 2 is 1.93 bits per heavy atom. The molecule has 1 heterocycles. The fourth-order valence-electron chi connectivity index (χ4n) is 2.52. The fraction of sp³-hybridized carbons (Fsp3) is 0.150. The van der Waals surface area contributed by atoms with Crippen molar-refractivity contribution in [3.63, 3.8) is 0 Å². The number of carbonyl (C=O) groups excluding carboxylic acids is 2. The van der Waals surface area contributed by atoms with Crippen molar-refractivity contribution in [2.24, 2.45) is 0 Å². The van der Waals surface area contributed by atoms with Gasteiger partial charge in [-0.1, -0.05) is 12.1 Å². The van der Waals surface area contributed by atoms with E-state index in [0.29, 0.717) is 16.3 Å². The van der Waals surface area contributed by atoms with E-state index < -0.39 is 11.8 Å². The highest BCUT2D eigenvalue weighted by Gasteiger charge is 2.17. The number of esters is 1. The molecule has 3 aromatic rings. The molecule has 0 atom stereocenters. The van der Waals surface area contributed by atoms with Gasteiger partial charge in [-0.3, -0.25) is 4.79 Å². The lowest BCUT2D eigenvalue weighted by molar-refractivity contribution is -0.117. The normalized spacial score (nSPS) is 10.4. The SMILES string of the molecule is COC(=O)c1ccccc1Oc1ccc(F)cc1CC(=O)Cc1nccs1. The van der Waals surface area contributed by atoms with E-state index in [1.165, 1.54) is 36.6 Å². The number of ether oxygens (including phenoxy) is 2. The van der Waals surface area contributed by atoms with Crippen LogP contribution in [0.4, 0.5) is 4.39 Å². The summed E-state index contributed by atoms with van der Waals surface area (Å²) in [7, 11) is 1.28. The molecule has 0 aliphatic heterocycles. The van der Waals surface area contributed by atoms with Crippen molar-refractivity contribution < 1.29 is 23.5 Å². The van der Waals surface area contributed by atoms with Crippen LogP contribution in [0.15, 0.2) is 54.0 Å². The highest BCUT2D eigenvalue weighted by Crippen LogP contribution is 2.30. The lowest BCUT2D eigenvalue weighted by Gasteiger charge is -2.13. The lowest BCUT2D eigenvalue weighted by atomic mass is 10.1. The number of aromatic nitrogens is 1. The molecule has 0 radical (unpaired) electrons. The molecular formula is C20H16FNO4S. The van der Waals surface area contributed by atoms with Crippen molar-refractivity contribution in [1.29, 1.82) is 0 Å². The molecule has 138 valence electrons. The minimum absolute atomic E-state index is 0.00688. The molecule has 0 spiro atoms. The van der Waals surface area contributed by atoms with E-state index in [1.54, 1.807) is 35.8 Å². The Kier molecular flexibility index (Phi) is 5.93. The summed E-state index contributed by atoms with van der Waals surface area (Å²) in [6, 6.07) is 10.5. The number of nitrogens with zero attached hydrogens (tertiary/aromatic N) is 1. The van der Waals surface area contributed by atoms with Crippen LogP contribution < -0.4 is 4.74 Å². The number of hydrogen-bond donors (Lipinski definition) is 0. The second kappa shape index (κ2) is 8.55. The molecular weight excluding hydrogens is 369 g/mol. The Labute approximate surface area is 159 Å². The van der Waals surface area contributed by atoms with Crippen molar-refractivity contribution in [1.82, 2.24) is 4.98 Å². The highest BCUT2D eigenvalue weighted by molar-refractivity contribution is 7.09. The monoisotopic (exact) mass is 385 g/mol. The number of methoxy groups -OCH3 is 1. The number of thiazole rings is 1. The van der Waals surface area contributed by atoms with E-state index in [4.69, 9.17) is 9.47 Å². The number of halogens is 1. The predicted octanol–water partition coefficient (Wildman–Crippen LogP) is 4.22. The maximum Gasteiger partial charge on any atom is 0.341 e. The van der Waals surface area contributed by atoms with Gasteiger partial charge in [-0.25, -0.2) is 14.2 Å². The summed E-state index contributed by atoms with van der Waals surface area (Å²) in [6.07, 6.45) is 1.80. The maximum absolute atomic E-state index is 13.7. The molecule has 0 bridgehead atoms. The van der Waals surface area contributed by atoms with E-state index in [2.05, 4.69) is 4.98 Å². The van der Waals surface area contributed by atoms with E-state index in [0.717, 1.165) is 0 Å². The molecule has 5 nitrogen and oxygen atoms in total. The zero-order chi connectivity index (χ0) is 19.2. The first kappa shape index (κ1) is 18.7. The first-order valence-corrected chi connectivity index (χ1v) is 8.98. The summed E-state index contributed by atoms with van der Waals surface area (Å²) in [4.78, 5) is 28.3. The molecule has 0 saturated carbocycles. The van der Waals surface area contributed by atoms with Gasteiger partial charge in [0, 0.05) is 23.6 Å². The molecule has 27 heavy (non-hydrogen) atoms.